The van der Waals surface area contributed by atoms with Crippen molar-refractivity contribution in [3.63, 3.8) is 0 Å². The maximum absolute atomic E-state index is 12.9. The molecule has 0 aromatic carbocycles. The van der Waals surface area contributed by atoms with Crippen LogP contribution in [0, 0.1) is 5.92 Å². The Labute approximate surface area is 158 Å². The number of hydrogen-bond donors (Lipinski definition) is 2. The van der Waals surface area contributed by atoms with E-state index in [9.17, 15) is 4.79 Å². The Morgan fingerprint density at radius 1 is 1.33 bits per heavy atom. The van der Waals surface area contributed by atoms with Gasteiger partial charge in [0.25, 0.3) is 0 Å². The van der Waals surface area contributed by atoms with Gasteiger partial charge in [0, 0.05) is 43.0 Å². The number of hydrazine groups is 1. The van der Waals surface area contributed by atoms with E-state index in [4.69, 9.17) is 4.52 Å². The van der Waals surface area contributed by atoms with Gasteiger partial charge in [0.05, 0.1) is 0 Å². The summed E-state index contributed by atoms with van der Waals surface area (Å²) in [5, 5.41) is 4.07. The normalized spacial score (nSPS) is 28.0. The zero-order valence-electron chi connectivity index (χ0n) is 15.8. The number of rotatable bonds is 5. The average Bonchev–Trinajstić information content (AvgIpc) is 3.41. The predicted molar refractivity (Wildman–Crippen MR) is 99.1 cm³/mol. The summed E-state index contributed by atoms with van der Waals surface area (Å²) in [6.07, 6.45) is 6.65. The highest BCUT2D eigenvalue weighted by atomic mass is 16.5. The van der Waals surface area contributed by atoms with Crippen LogP contribution in [-0.2, 0) is 4.79 Å². The highest BCUT2D eigenvalue weighted by molar-refractivity contribution is 5.77. The smallest absolute Gasteiger partial charge is 0.249 e. The van der Waals surface area contributed by atoms with Crippen LogP contribution in [0.5, 0.6) is 0 Å². The molecule has 0 saturated carbocycles. The molecular weight excluding hydrogens is 344 g/mol. The van der Waals surface area contributed by atoms with E-state index in [1.165, 1.54) is 0 Å². The third-order valence-electron chi connectivity index (χ3n) is 5.73. The van der Waals surface area contributed by atoms with Gasteiger partial charge < -0.3 is 9.42 Å². The van der Waals surface area contributed by atoms with E-state index in [-0.39, 0.29) is 11.9 Å². The quantitative estimate of drug-likeness (QED) is 0.832. The lowest BCUT2D eigenvalue weighted by Gasteiger charge is -2.24. The summed E-state index contributed by atoms with van der Waals surface area (Å²) < 4.78 is 5.49. The van der Waals surface area contributed by atoms with E-state index in [2.05, 4.69) is 39.8 Å². The Morgan fingerprint density at radius 3 is 2.89 bits per heavy atom. The lowest BCUT2D eigenvalue weighted by atomic mass is 9.91. The summed E-state index contributed by atoms with van der Waals surface area (Å²) in [6.45, 7) is 5.06. The fraction of sp³-hybridized carbons (Fsp3) is 0.579. The molecule has 2 saturated heterocycles. The molecule has 4 rings (SSSR count). The van der Waals surface area contributed by atoms with Gasteiger partial charge in [-0.05, 0) is 51.2 Å². The summed E-state index contributed by atoms with van der Waals surface area (Å²) in [5.41, 5.74) is 7.32. The van der Waals surface area contributed by atoms with Crippen LogP contribution >= 0.6 is 0 Å². The molecule has 2 aliphatic heterocycles. The Morgan fingerprint density at radius 2 is 2.15 bits per heavy atom. The summed E-state index contributed by atoms with van der Waals surface area (Å²) >= 11 is 0. The molecule has 8 nitrogen and oxygen atoms in total. The zero-order chi connectivity index (χ0) is 18.8. The lowest BCUT2D eigenvalue weighted by Crippen LogP contribution is -2.32. The average molecular weight is 370 g/mol. The number of likely N-dealkylation sites (tertiary alicyclic amines) is 1. The van der Waals surface area contributed by atoms with Crippen molar-refractivity contribution >= 4 is 5.91 Å². The molecular formula is C19H26N6O2. The molecule has 2 fully saturated rings. The summed E-state index contributed by atoms with van der Waals surface area (Å²) in [6, 6.07) is 4.36. The molecule has 0 radical (unpaired) electrons. The lowest BCUT2D eigenvalue weighted by molar-refractivity contribution is -0.132. The first kappa shape index (κ1) is 18.1. The molecule has 144 valence electrons. The van der Waals surface area contributed by atoms with Crippen molar-refractivity contribution in [1.82, 2.24) is 30.9 Å². The minimum Gasteiger partial charge on any atom is -0.337 e. The molecule has 2 aromatic heterocycles. The van der Waals surface area contributed by atoms with Gasteiger partial charge >= 0.3 is 0 Å². The van der Waals surface area contributed by atoms with Crippen LogP contribution in [0.2, 0.25) is 0 Å². The highest BCUT2D eigenvalue weighted by Crippen LogP contribution is 2.33. The van der Waals surface area contributed by atoms with Crippen molar-refractivity contribution in [3.05, 3.63) is 30.4 Å². The van der Waals surface area contributed by atoms with Crippen molar-refractivity contribution in [1.29, 1.82) is 0 Å². The zero-order valence-corrected chi connectivity index (χ0v) is 15.8. The molecule has 1 amide bonds. The largest absolute Gasteiger partial charge is 0.337 e. The number of nitrogens with zero attached hydrogens (tertiary/aromatic N) is 4. The standard InChI is InChI=1S/C19H26N6O2/c1-12-15(13(2)23-22-12)7-8-17(26)25-10-4-6-16(25)19-21-18(24-27-19)14-5-3-9-20-11-14/h3,5,9,11-13,15-16,22-23H,4,6-8,10H2,1-2H3/t12?,13?,15?,16-/m0/s1. The molecule has 0 bridgehead atoms. The van der Waals surface area contributed by atoms with Gasteiger partial charge in [0.15, 0.2) is 0 Å². The number of amides is 1. The highest BCUT2D eigenvalue weighted by Gasteiger charge is 2.35. The van der Waals surface area contributed by atoms with Gasteiger partial charge in [-0.25, -0.2) is 0 Å². The van der Waals surface area contributed by atoms with Crippen LogP contribution in [0.4, 0.5) is 0 Å². The van der Waals surface area contributed by atoms with Gasteiger partial charge in [-0.2, -0.15) is 4.98 Å². The molecule has 2 aromatic rings. The van der Waals surface area contributed by atoms with Crippen LogP contribution in [0.3, 0.4) is 0 Å². The van der Waals surface area contributed by atoms with Crippen molar-refractivity contribution in [2.45, 2.75) is 57.7 Å². The van der Waals surface area contributed by atoms with Crippen LogP contribution in [-0.4, -0.2) is 44.6 Å². The second-order valence-corrected chi connectivity index (χ2v) is 7.51. The van der Waals surface area contributed by atoms with Gasteiger partial charge in [0.2, 0.25) is 17.6 Å². The summed E-state index contributed by atoms with van der Waals surface area (Å²) in [4.78, 5) is 23.4. The first-order chi connectivity index (χ1) is 13.1. The Hall–Kier alpha value is -2.32. The third kappa shape index (κ3) is 3.72. The van der Waals surface area contributed by atoms with Gasteiger partial charge in [0.1, 0.15) is 6.04 Å². The van der Waals surface area contributed by atoms with E-state index in [1.54, 1.807) is 12.4 Å². The summed E-state index contributed by atoms with van der Waals surface area (Å²) in [7, 11) is 0. The molecule has 0 spiro atoms. The number of pyridine rings is 1. The Kier molecular flexibility index (Phi) is 5.18. The van der Waals surface area contributed by atoms with E-state index in [0.29, 0.717) is 36.1 Å². The van der Waals surface area contributed by atoms with Crippen LogP contribution in [0.15, 0.2) is 29.0 Å². The van der Waals surface area contributed by atoms with E-state index in [1.807, 2.05) is 17.0 Å². The predicted octanol–water partition coefficient (Wildman–Crippen LogP) is 2.08. The van der Waals surface area contributed by atoms with Crippen molar-refractivity contribution < 1.29 is 9.32 Å². The number of carbonyl (C=O) groups excluding carboxylic acids is 1. The van der Waals surface area contributed by atoms with E-state index >= 15 is 0 Å². The first-order valence-corrected chi connectivity index (χ1v) is 9.68. The number of nitrogens with one attached hydrogen (secondary N) is 2. The number of carbonyl (C=O) groups is 1. The maximum Gasteiger partial charge on any atom is 0.249 e. The minimum atomic E-state index is -0.120. The monoisotopic (exact) mass is 370 g/mol. The van der Waals surface area contributed by atoms with Crippen molar-refractivity contribution in [3.8, 4) is 11.4 Å². The fourth-order valence-corrected chi connectivity index (χ4v) is 4.15. The minimum absolute atomic E-state index is 0.120. The van der Waals surface area contributed by atoms with Crippen LogP contribution in [0.25, 0.3) is 11.4 Å². The van der Waals surface area contributed by atoms with Crippen LogP contribution in [0.1, 0.15) is 51.5 Å². The second-order valence-electron chi connectivity index (χ2n) is 7.51. The van der Waals surface area contributed by atoms with Crippen LogP contribution < -0.4 is 10.9 Å². The molecule has 2 N–H and O–H groups in total. The van der Waals surface area contributed by atoms with Gasteiger partial charge in [-0.3, -0.25) is 20.6 Å². The molecule has 0 aliphatic carbocycles. The van der Waals surface area contributed by atoms with Gasteiger partial charge in [-0.15, -0.1) is 0 Å². The topological polar surface area (TPSA) is 96.2 Å². The molecule has 4 heterocycles. The molecule has 2 unspecified atom stereocenters. The summed E-state index contributed by atoms with van der Waals surface area (Å²) in [5.74, 6) is 1.66. The Balaban J connectivity index is 1.41. The van der Waals surface area contributed by atoms with Crippen molar-refractivity contribution in [2.75, 3.05) is 6.54 Å². The van der Waals surface area contributed by atoms with Gasteiger partial charge in [-0.1, -0.05) is 5.16 Å². The number of hydrogen-bond acceptors (Lipinski definition) is 7. The molecule has 8 heteroatoms. The van der Waals surface area contributed by atoms with E-state index in [0.717, 1.165) is 31.4 Å². The number of aromatic nitrogens is 3. The fourth-order valence-electron chi connectivity index (χ4n) is 4.15. The molecule has 2 aliphatic rings. The molecule has 27 heavy (non-hydrogen) atoms. The SMILES string of the molecule is CC1NNC(C)C1CCC(=O)N1CCC[C@H]1c1nc(-c2cccnc2)no1. The second kappa shape index (κ2) is 7.74. The third-order valence-corrected chi connectivity index (χ3v) is 5.73. The van der Waals surface area contributed by atoms with Crippen molar-refractivity contribution in [2.24, 2.45) is 5.92 Å². The Bertz CT molecular complexity index is 770. The molecule has 3 atom stereocenters. The first-order valence-electron chi connectivity index (χ1n) is 9.68. The van der Waals surface area contributed by atoms with E-state index < -0.39 is 0 Å². The maximum atomic E-state index is 12.9.